The molecule has 0 radical (unpaired) electrons. The normalized spacial score (nSPS) is 16.2. The maximum absolute atomic E-state index is 11.5. The van der Waals surface area contributed by atoms with Gasteiger partial charge < -0.3 is 19.9 Å². The van der Waals surface area contributed by atoms with Gasteiger partial charge in [0, 0.05) is 43.2 Å². The third-order valence-electron chi connectivity index (χ3n) is 5.02. The molecule has 8 nitrogen and oxygen atoms in total. The van der Waals surface area contributed by atoms with Gasteiger partial charge in [-0.25, -0.2) is 9.97 Å². The van der Waals surface area contributed by atoms with Gasteiger partial charge in [0.2, 0.25) is 5.91 Å². The summed E-state index contributed by atoms with van der Waals surface area (Å²) in [5.41, 5.74) is 2.87. The van der Waals surface area contributed by atoms with Crippen molar-refractivity contribution in [1.29, 1.82) is 5.26 Å². The van der Waals surface area contributed by atoms with Crippen LogP contribution in [0.15, 0.2) is 30.6 Å². The number of carbonyl (C=O) groups excluding carboxylic acids is 1. The monoisotopic (exact) mass is 376 g/mol. The SMILES string of the molecule is COc1nc(-c2c[nH]c3c(C#N)cccc23)cnc1NC1CCN(C(C)=O)C1. The third kappa shape index (κ3) is 3.11. The topological polar surface area (TPSA) is 107 Å². The predicted molar refractivity (Wildman–Crippen MR) is 105 cm³/mol. The van der Waals surface area contributed by atoms with E-state index in [2.05, 4.69) is 26.3 Å². The maximum Gasteiger partial charge on any atom is 0.257 e. The first kappa shape index (κ1) is 17.8. The van der Waals surface area contributed by atoms with Crippen molar-refractivity contribution in [2.24, 2.45) is 0 Å². The lowest BCUT2D eigenvalue weighted by Crippen LogP contribution is -2.29. The van der Waals surface area contributed by atoms with Crippen molar-refractivity contribution < 1.29 is 9.53 Å². The summed E-state index contributed by atoms with van der Waals surface area (Å²) < 4.78 is 5.45. The molecule has 142 valence electrons. The molecule has 1 fully saturated rings. The average Bonchev–Trinajstić information content (AvgIpc) is 3.35. The second-order valence-electron chi connectivity index (χ2n) is 6.75. The smallest absolute Gasteiger partial charge is 0.257 e. The molecule has 0 aliphatic carbocycles. The first-order chi connectivity index (χ1) is 13.6. The standard InChI is InChI=1S/C20H20N6O2/c1-12(27)26-7-6-14(11-26)24-19-20(28-2)25-17(10-23-19)16-9-22-18-13(8-21)4-3-5-15(16)18/h3-5,9-10,14,22H,6-7,11H2,1-2H3,(H,23,24). The molecule has 2 N–H and O–H groups in total. The minimum atomic E-state index is 0.0776. The fourth-order valence-corrected chi connectivity index (χ4v) is 3.56. The Morgan fingerprint density at radius 1 is 1.46 bits per heavy atom. The van der Waals surface area contributed by atoms with Gasteiger partial charge in [-0.2, -0.15) is 5.26 Å². The van der Waals surface area contributed by atoms with Gasteiger partial charge in [-0.3, -0.25) is 4.79 Å². The molecule has 0 saturated carbocycles. The number of methoxy groups -OCH3 is 1. The Bertz CT molecular complexity index is 1080. The predicted octanol–water partition coefficient (Wildman–Crippen LogP) is 2.54. The maximum atomic E-state index is 11.5. The number of ether oxygens (including phenoxy) is 1. The highest BCUT2D eigenvalue weighted by Gasteiger charge is 2.25. The number of fused-ring (bicyclic) bond motifs is 1. The van der Waals surface area contributed by atoms with Gasteiger partial charge in [-0.15, -0.1) is 0 Å². The van der Waals surface area contributed by atoms with Crippen LogP contribution in [0.25, 0.3) is 22.2 Å². The molecule has 1 saturated heterocycles. The second kappa shape index (κ2) is 7.19. The number of nitriles is 1. The number of anilines is 1. The third-order valence-corrected chi connectivity index (χ3v) is 5.02. The molecule has 1 atom stereocenters. The lowest BCUT2D eigenvalue weighted by molar-refractivity contribution is -0.127. The number of hydrogen-bond acceptors (Lipinski definition) is 6. The summed E-state index contributed by atoms with van der Waals surface area (Å²) in [5, 5.41) is 13.5. The minimum absolute atomic E-state index is 0.0776. The molecule has 0 bridgehead atoms. The molecule has 1 amide bonds. The quantitative estimate of drug-likeness (QED) is 0.725. The Morgan fingerprint density at radius 3 is 3.04 bits per heavy atom. The molecule has 3 aromatic rings. The number of aromatic amines is 1. The molecular formula is C20H20N6O2. The summed E-state index contributed by atoms with van der Waals surface area (Å²) in [7, 11) is 1.55. The van der Waals surface area contributed by atoms with Crippen LogP contribution < -0.4 is 10.1 Å². The highest BCUT2D eigenvalue weighted by atomic mass is 16.5. The zero-order valence-electron chi connectivity index (χ0n) is 15.7. The highest BCUT2D eigenvalue weighted by molar-refractivity contribution is 5.97. The summed E-state index contributed by atoms with van der Waals surface area (Å²) in [6.45, 7) is 2.95. The Hall–Kier alpha value is -3.60. The van der Waals surface area contributed by atoms with Gasteiger partial charge >= 0.3 is 0 Å². The largest absolute Gasteiger partial charge is 0.478 e. The van der Waals surface area contributed by atoms with Crippen LogP contribution in [0.2, 0.25) is 0 Å². The number of H-pyrrole nitrogens is 1. The summed E-state index contributed by atoms with van der Waals surface area (Å²) in [6, 6.07) is 7.86. The number of aromatic nitrogens is 3. The molecule has 28 heavy (non-hydrogen) atoms. The van der Waals surface area contributed by atoms with Gasteiger partial charge in [0.1, 0.15) is 6.07 Å². The van der Waals surface area contributed by atoms with Crippen LogP contribution in [0.3, 0.4) is 0 Å². The lowest BCUT2D eigenvalue weighted by Gasteiger charge is -2.17. The van der Waals surface area contributed by atoms with Gasteiger partial charge in [-0.1, -0.05) is 12.1 Å². The summed E-state index contributed by atoms with van der Waals surface area (Å²) >= 11 is 0. The van der Waals surface area contributed by atoms with Crippen LogP contribution in [0.4, 0.5) is 5.82 Å². The Kier molecular flexibility index (Phi) is 4.57. The first-order valence-corrected chi connectivity index (χ1v) is 9.04. The molecule has 8 heteroatoms. The van der Waals surface area contributed by atoms with Gasteiger partial charge in [0.15, 0.2) is 5.82 Å². The minimum Gasteiger partial charge on any atom is -0.478 e. The number of benzene rings is 1. The summed E-state index contributed by atoms with van der Waals surface area (Å²) in [4.78, 5) is 25.6. The molecule has 1 aromatic carbocycles. The van der Waals surface area contributed by atoms with E-state index < -0.39 is 0 Å². The zero-order valence-corrected chi connectivity index (χ0v) is 15.7. The first-order valence-electron chi connectivity index (χ1n) is 9.04. The fraction of sp³-hybridized carbons (Fsp3) is 0.300. The number of hydrogen-bond donors (Lipinski definition) is 2. The van der Waals surface area contributed by atoms with Gasteiger partial charge in [-0.05, 0) is 12.5 Å². The zero-order chi connectivity index (χ0) is 19.7. The van der Waals surface area contributed by atoms with Crippen LogP contribution in [0.1, 0.15) is 18.9 Å². The number of nitrogens with one attached hydrogen (secondary N) is 2. The van der Waals surface area contributed by atoms with Crippen molar-refractivity contribution in [1.82, 2.24) is 19.9 Å². The van der Waals surface area contributed by atoms with Gasteiger partial charge in [0.05, 0.1) is 30.1 Å². The number of carbonyl (C=O) groups is 1. The Labute approximate surface area is 162 Å². The average molecular weight is 376 g/mol. The van der Waals surface area contributed by atoms with Crippen LogP contribution in [-0.4, -0.2) is 52.0 Å². The molecule has 0 spiro atoms. The number of rotatable bonds is 4. The van der Waals surface area contributed by atoms with E-state index in [1.807, 2.05) is 23.2 Å². The number of para-hydroxylation sites is 1. The van der Waals surface area contributed by atoms with Crippen LogP contribution in [-0.2, 0) is 4.79 Å². The van der Waals surface area contributed by atoms with E-state index in [0.29, 0.717) is 29.5 Å². The highest BCUT2D eigenvalue weighted by Crippen LogP contribution is 2.31. The molecule has 1 unspecified atom stereocenters. The molecule has 2 aromatic heterocycles. The van der Waals surface area contributed by atoms with Crippen molar-refractivity contribution in [3.05, 3.63) is 36.2 Å². The number of likely N-dealkylation sites (tertiary alicyclic amines) is 1. The number of nitrogens with zero attached hydrogens (tertiary/aromatic N) is 4. The van der Waals surface area contributed by atoms with Crippen molar-refractivity contribution >= 4 is 22.6 Å². The second-order valence-corrected chi connectivity index (χ2v) is 6.75. The molecule has 1 aliphatic heterocycles. The fourth-order valence-electron chi connectivity index (χ4n) is 3.56. The van der Waals surface area contributed by atoms with E-state index in [1.54, 1.807) is 26.3 Å². The van der Waals surface area contributed by atoms with E-state index in [0.717, 1.165) is 29.4 Å². The van der Waals surface area contributed by atoms with Crippen molar-refractivity contribution in [3.63, 3.8) is 0 Å². The Morgan fingerprint density at radius 2 is 2.32 bits per heavy atom. The van der Waals surface area contributed by atoms with E-state index >= 15 is 0 Å². The molecular weight excluding hydrogens is 356 g/mol. The van der Waals surface area contributed by atoms with Crippen molar-refractivity contribution in [3.8, 4) is 23.2 Å². The summed E-state index contributed by atoms with van der Waals surface area (Å²) in [6.07, 6.45) is 4.36. The van der Waals surface area contributed by atoms with Crippen molar-refractivity contribution in [2.75, 3.05) is 25.5 Å². The molecule has 3 heterocycles. The van der Waals surface area contributed by atoms with E-state index in [1.165, 1.54) is 0 Å². The van der Waals surface area contributed by atoms with Crippen LogP contribution >= 0.6 is 0 Å². The lowest BCUT2D eigenvalue weighted by atomic mass is 10.1. The number of amides is 1. The van der Waals surface area contributed by atoms with E-state index in [4.69, 9.17) is 4.74 Å². The van der Waals surface area contributed by atoms with E-state index in [-0.39, 0.29) is 11.9 Å². The molecule has 1 aliphatic rings. The van der Waals surface area contributed by atoms with Gasteiger partial charge in [0.25, 0.3) is 5.88 Å². The van der Waals surface area contributed by atoms with Crippen LogP contribution in [0.5, 0.6) is 5.88 Å². The van der Waals surface area contributed by atoms with Crippen LogP contribution in [0, 0.1) is 11.3 Å². The van der Waals surface area contributed by atoms with Crippen molar-refractivity contribution in [2.45, 2.75) is 19.4 Å². The molecule has 4 rings (SSSR count). The summed E-state index contributed by atoms with van der Waals surface area (Å²) in [5.74, 6) is 1.03. The Balaban J connectivity index is 1.63. The van der Waals surface area contributed by atoms with E-state index in [9.17, 15) is 10.1 Å².